The second-order valence-corrected chi connectivity index (χ2v) is 5.10. The lowest BCUT2D eigenvalue weighted by Crippen LogP contribution is -2.21. The van der Waals surface area contributed by atoms with Crippen molar-refractivity contribution < 1.29 is 19.7 Å². The number of benzene rings is 2. The number of phenols is 2. The molecule has 0 spiro atoms. The van der Waals surface area contributed by atoms with E-state index in [1.165, 1.54) is 12.1 Å². The van der Waals surface area contributed by atoms with Gasteiger partial charge in [0.15, 0.2) is 0 Å². The van der Waals surface area contributed by atoms with Crippen molar-refractivity contribution in [2.75, 3.05) is 0 Å². The predicted octanol–water partition coefficient (Wildman–Crippen LogP) is 3.19. The van der Waals surface area contributed by atoms with Crippen LogP contribution in [0.5, 0.6) is 17.2 Å². The molecule has 4 nitrogen and oxygen atoms in total. The van der Waals surface area contributed by atoms with E-state index in [1.54, 1.807) is 12.1 Å². The summed E-state index contributed by atoms with van der Waals surface area (Å²) < 4.78 is 5.08. The van der Waals surface area contributed by atoms with Crippen molar-refractivity contribution in [1.29, 1.82) is 0 Å². The second kappa shape index (κ2) is 4.72. The van der Waals surface area contributed by atoms with Crippen LogP contribution in [0.15, 0.2) is 36.4 Å². The molecule has 1 heterocycles. The van der Waals surface area contributed by atoms with Crippen LogP contribution in [0, 0.1) is 0 Å². The molecule has 0 aromatic heterocycles. The zero-order valence-electron chi connectivity index (χ0n) is 10.3. The lowest BCUT2D eigenvalue weighted by Gasteiger charge is -2.25. The van der Waals surface area contributed by atoms with E-state index in [9.17, 15) is 15.0 Å². The van der Waals surface area contributed by atoms with Gasteiger partial charge in [0, 0.05) is 28.6 Å². The lowest BCUT2D eigenvalue weighted by atomic mass is 9.86. The van der Waals surface area contributed by atoms with Crippen molar-refractivity contribution in [3.63, 3.8) is 0 Å². The van der Waals surface area contributed by atoms with Crippen molar-refractivity contribution in [1.82, 2.24) is 0 Å². The summed E-state index contributed by atoms with van der Waals surface area (Å²) in [5.41, 5.74) is 1.36. The molecule has 1 aliphatic heterocycles. The average Bonchev–Trinajstić information content (AvgIpc) is 2.37. The fourth-order valence-electron chi connectivity index (χ4n) is 2.45. The predicted molar refractivity (Wildman–Crippen MR) is 73.3 cm³/mol. The Kier molecular flexibility index (Phi) is 3.03. The number of phenolic OH excluding ortho intramolecular Hbond substituents is 2. The maximum absolute atomic E-state index is 11.7. The largest absolute Gasteiger partial charge is 0.508 e. The smallest absolute Gasteiger partial charge is 0.312 e. The molecule has 5 heteroatoms. The summed E-state index contributed by atoms with van der Waals surface area (Å²) >= 11 is 5.86. The van der Waals surface area contributed by atoms with E-state index in [0.717, 1.165) is 5.56 Å². The van der Waals surface area contributed by atoms with Crippen molar-refractivity contribution in [3.05, 3.63) is 52.5 Å². The SMILES string of the molecule is O=C1C[C@H](c2ccc(Cl)cc2)c2c(O)cc(O)cc2O1. The third-order valence-electron chi connectivity index (χ3n) is 3.32. The van der Waals surface area contributed by atoms with Gasteiger partial charge in [0.05, 0.1) is 6.42 Å². The lowest BCUT2D eigenvalue weighted by molar-refractivity contribution is -0.135. The summed E-state index contributed by atoms with van der Waals surface area (Å²) in [6.45, 7) is 0. The topological polar surface area (TPSA) is 66.8 Å². The number of fused-ring (bicyclic) bond motifs is 1. The molecule has 0 bridgehead atoms. The highest BCUT2D eigenvalue weighted by Gasteiger charge is 2.31. The Morgan fingerprint density at radius 1 is 1.15 bits per heavy atom. The van der Waals surface area contributed by atoms with Gasteiger partial charge >= 0.3 is 5.97 Å². The van der Waals surface area contributed by atoms with Gasteiger partial charge < -0.3 is 14.9 Å². The maximum atomic E-state index is 11.7. The molecule has 1 atom stereocenters. The Morgan fingerprint density at radius 2 is 1.85 bits per heavy atom. The number of carbonyl (C=O) groups excluding carboxylic acids is 1. The molecule has 0 unspecified atom stereocenters. The Balaban J connectivity index is 2.14. The normalized spacial score (nSPS) is 17.4. The second-order valence-electron chi connectivity index (χ2n) is 4.66. The monoisotopic (exact) mass is 290 g/mol. The van der Waals surface area contributed by atoms with Gasteiger partial charge in [-0.3, -0.25) is 4.79 Å². The van der Waals surface area contributed by atoms with Crippen molar-refractivity contribution in [2.45, 2.75) is 12.3 Å². The van der Waals surface area contributed by atoms with E-state index in [-0.39, 0.29) is 29.6 Å². The zero-order chi connectivity index (χ0) is 14.3. The van der Waals surface area contributed by atoms with E-state index in [0.29, 0.717) is 10.6 Å². The van der Waals surface area contributed by atoms with Gasteiger partial charge in [0.1, 0.15) is 17.2 Å². The Morgan fingerprint density at radius 3 is 2.55 bits per heavy atom. The fraction of sp³-hybridized carbons (Fsp3) is 0.133. The molecule has 0 saturated heterocycles. The number of aromatic hydroxyl groups is 2. The van der Waals surface area contributed by atoms with E-state index >= 15 is 0 Å². The number of hydrogen-bond donors (Lipinski definition) is 2. The van der Waals surface area contributed by atoms with E-state index in [1.807, 2.05) is 12.1 Å². The van der Waals surface area contributed by atoms with Crippen LogP contribution in [-0.2, 0) is 4.79 Å². The van der Waals surface area contributed by atoms with Gasteiger partial charge in [-0.2, -0.15) is 0 Å². The number of ether oxygens (including phenoxy) is 1. The van der Waals surface area contributed by atoms with Crippen LogP contribution >= 0.6 is 11.6 Å². The number of rotatable bonds is 1. The number of halogens is 1. The summed E-state index contributed by atoms with van der Waals surface area (Å²) in [4.78, 5) is 11.7. The van der Waals surface area contributed by atoms with Gasteiger partial charge in [-0.05, 0) is 17.7 Å². The molecule has 20 heavy (non-hydrogen) atoms. The molecule has 2 aromatic rings. The molecule has 0 radical (unpaired) electrons. The fourth-order valence-corrected chi connectivity index (χ4v) is 2.57. The van der Waals surface area contributed by atoms with Crippen LogP contribution in [-0.4, -0.2) is 16.2 Å². The average molecular weight is 291 g/mol. The van der Waals surface area contributed by atoms with Crippen LogP contribution in [0.2, 0.25) is 5.02 Å². The van der Waals surface area contributed by atoms with E-state index in [4.69, 9.17) is 16.3 Å². The Hall–Kier alpha value is -2.20. The highest BCUT2D eigenvalue weighted by atomic mass is 35.5. The van der Waals surface area contributed by atoms with Gasteiger partial charge in [0.2, 0.25) is 0 Å². The van der Waals surface area contributed by atoms with Crippen molar-refractivity contribution in [3.8, 4) is 17.2 Å². The highest BCUT2D eigenvalue weighted by Crippen LogP contribution is 2.45. The molecule has 1 aliphatic rings. The third-order valence-corrected chi connectivity index (χ3v) is 3.57. The molecule has 0 fully saturated rings. The van der Waals surface area contributed by atoms with E-state index in [2.05, 4.69) is 0 Å². The van der Waals surface area contributed by atoms with Gasteiger partial charge in [0.25, 0.3) is 0 Å². The zero-order valence-corrected chi connectivity index (χ0v) is 11.1. The van der Waals surface area contributed by atoms with Crippen LogP contribution < -0.4 is 4.74 Å². The molecular weight excluding hydrogens is 280 g/mol. The van der Waals surface area contributed by atoms with Gasteiger partial charge in [-0.15, -0.1) is 0 Å². The highest BCUT2D eigenvalue weighted by molar-refractivity contribution is 6.30. The van der Waals surface area contributed by atoms with Crippen LogP contribution in [0.1, 0.15) is 23.5 Å². The van der Waals surface area contributed by atoms with Gasteiger partial charge in [-0.1, -0.05) is 23.7 Å². The van der Waals surface area contributed by atoms with Crippen LogP contribution in [0.25, 0.3) is 0 Å². The van der Waals surface area contributed by atoms with Crippen molar-refractivity contribution in [2.24, 2.45) is 0 Å². The Bertz CT molecular complexity index is 679. The molecule has 2 aromatic carbocycles. The Labute approximate surface area is 120 Å². The number of hydrogen-bond acceptors (Lipinski definition) is 4. The molecule has 102 valence electrons. The quantitative estimate of drug-likeness (QED) is 0.625. The van der Waals surface area contributed by atoms with E-state index < -0.39 is 5.97 Å². The molecule has 2 N–H and O–H groups in total. The summed E-state index contributed by atoms with van der Waals surface area (Å²) in [6, 6.07) is 9.64. The molecule has 3 rings (SSSR count). The molecular formula is C15H11ClO4. The van der Waals surface area contributed by atoms with Crippen LogP contribution in [0.4, 0.5) is 0 Å². The van der Waals surface area contributed by atoms with Crippen LogP contribution in [0.3, 0.4) is 0 Å². The minimum Gasteiger partial charge on any atom is -0.508 e. The summed E-state index contributed by atoms with van der Waals surface area (Å²) in [5, 5.41) is 20.1. The summed E-state index contributed by atoms with van der Waals surface area (Å²) in [7, 11) is 0. The first-order valence-corrected chi connectivity index (χ1v) is 6.44. The number of esters is 1. The first-order valence-electron chi connectivity index (χ1n) is 6.06. The molecule has 0 amide bonds. The summed E-state index contributed by atoms with van der Waals surface area (Å²) in [6.07, 6.45) is 0.132. The minimum atomic E-state index is -0.401. The summed E-state index contributed by atoms with van der Waals surface area (Å²) in [5.74, 6) is -0.761. The van der Waals surface area contributed by atoms with Gasteiger partial charge in [-0.25, -0.2) is 0 Å². The standard InChI is InChI=1S/C15H11ClO4/c16-9-3-1-8(2-4-9)11-7-14(19)20-13-6-10(17)5-12(18)15(11)13/h1-6,11,17-18H,7H2/t11-/m1/s1. The molecule has 0 aliphatic carbocycles. The maximum Gasteiger partial charge on any atom is 0.312 e. The number of carbonyl (C=O) groups is 1. The minimum absolute atomic E-state index is 0.0903. The first-order chi connectivity index (χ1) is 9.54. The third kappa shape index (κ3) is 2.18. The van der Waals surface area contributed by atoms with Crippen molar-refractivity contribution >= 4 is 17.6 Å². The first kappa shape index (κ1) is 12.8. The molecule has 0 saturated carbocycles.